The normalized spacial score (nSPS) is 24.3. The number of aliphatic hydroxyl groups excluding tert-OH is 1. The van der Waals surface area contributed by atoms with E-state index >= 15 is 0 Å². The summed E-state index contributed by atoms with van der Waals surface area (Å²) in [5.74, 6) is 0.457. The topological polar surface area (TPSA) is 82.4 Å². The molecule has 0 bridgehead atoms. The third-order valence-electron chi connectivity index (χ3n) is 6.95. The lowest BCUT2D eigenvalue weighted by Crippen LogP contribution is -2.41. The molecule has 1 saturated carbocycles. The van der Waals surface area contributed by atoms with Gasteiger partial charge in [0.15, 0.2) is 0 Å². The van der Waals surface area contributed by atoms with E-state index in [4.69, 9.17) is 5.73 Å². The number of fused-ring (bicyclic) bond motifs is 1. The molecule has 0 unspecified atom stereocenters. The van der Waals surface area contributed by atoms with Crippen molar-refractivity contribution < 1.29 is 9.90 Å². The number of likely N-dealkylation sites (tertiary alicyclic amines) is 1. The lowest BCUT2D eigenvalue weighted by Gasteiger charge is -2.34. The molecule has 0 radical (unpaired) electrons. The molecule has 1 amide bonds. The first kappa shape index (κ1) is 21.9. The molecule has 2 aliphatic rings. The Kier molecular flexibility index (Phi) is 6.37. The number of para-hydroxylation sites is 1. The van der Waals surface area contributed by atoms with Gasteiger partial charge in [-0.1, -0.05) is 48.5 Å². The summed E-state index contributed by atoms with van der Waals surface area (Å²) < 4.78 is 0. The molecule has 31 heavy (non-hydrogen) atoms. The van der Waals surface area contributed by atoms with Crippen LogP contribution in [0.2, 0.25) is 0 Å². The van der Waals surface area contributed by atoms with E-state index in [0.29, 0.717) is 18.8 Å². The SMILES string of the molecule is Cl.N[C@H]1C[C@H](C(=O)N2CCC(c3c(-c4ccccc4)[nH]c4ccccc34)CC2)C[C@@H]1O. The zero-order valence-corrected chi connectivity index (χ0v) is 18.4. The van der Waals surface area contributed by atoms with Crippen molar-refractivity contribution in [1.29, 1.82) is 0 Å². The molecule has 0 spiro atoms. The zero-order chi connectivity index (χ0) is 20.7. The van der Waals surface area contributed by atoms with E-state index in [1.807, 2.05) is 11.0 Å². The fraction of sp³-hybridized carbons (Fsp3) is 0.400. The van der Waals surface area contributed by atoms with Crippen LogP contribution >= 0.6 is 12.4 Å². The number of aromatic nitrogens is 1. The van der Waals surface area contributed by atoms with Crippen LogP contribution in [0.25, 0.3) is 22.2 Å². The molecule has 2 fully saturated rings. The van der Waals surface area contributed by atoms with Gasteiger partial charge in [0, 0.05) is 41.6 Å². The molecule has 3 atom stereocenters. The smallest absolute Gasteiger partial charge is 0.225 e. The summed E-state index contributed by atoms with van der Waals surface area (Å²) in [4.78, 5) is 18.6. The van der Waals surface area contributed by atoms with Crippen molar-refractivity contribution in [3.05, 3.63) is 60.2 Å². The van der Waals surface area contributed by atoms with Crippen molar-refractivity contribution in [3.8, 4) is 11.3 Å². The molecule has 2 heterocycles. The van der Waals surface area contributed by atoms with Crippen LogP contribution < -0.4 is 5.73 Å². The highest BCUT2D eigenvalue weighted by atomic mass is 35.5. The second kappa shape index (κ2) is 9.03. The number of carbonyl (C=O) groups is 1. The van der Waals surface area contributed by atoms with E-state index in [1.54, 1.807) is 0 Å². The van der Waals surface area contributed by atoms with Gasteiger partial charge in [0.25, 0.3) is 0 Å². The van der Waals surface area contributed by atoms with E-state index in [-0.39, 0.29) is 30.3 Å². The van der Waals surface area contributed by atoms with Crippen LogP contribution in [0.1, 0.15) is 37.2 Å². The minimum absolute atomic E-state index is 0. The van der Waals surface area contributed by atoms with E-state index in [9.17, 15) is 9.90 Å². The quantitative estimate of drug-likeness (QED) is 0.575. The number of piperidine rings is 1. The third-order valence-corrected chi connectivity index (χ3v) is 6.95. The maximum absolute atomic E-state index is 12.9. The number of nitrogens with one attached hydrogen (secondary N) is 1. The highest BCUT2D eigenvalue weighted by Gasteiger charge is 2.38. The van der Waals surface area contributed by atoms with Crippen molar-refractivity contribution in [1.82, 2.24) is 9.88 Å². The lowest BCUT2D eigenvalue weighted by molar-refractivity contribution is -0.136. The Labute approximate surface area is 189 Å². The van der Waals surface area contributed by atoms with E-state index < -0.39 is 6.10 Å². The van der Waals surface area contributed by atoms with Crippen molar-refractivity contribution in [2.24, 2.45) is 11.7 Å². The number of aliphatic hydroxyl groups is 1. The Bertz CT molecular complexity index is 1030. The summed E-state index contributed by atoms with van der Waals surface area (Å²) in [6.45, 7) is 1.53. The summed E-state index contributed by atoms with van der Waals surface area (Å²) in [5.41, 5.74) is 10.9. The van der Waals surface area contributed by atoms with Gasteiger partial charge < -0.3 is 20.7 Å². The molecule has 1 aromatic heterocycles. The Morgan fingerprint density at radius 3 is 2.35 bits per heavy atom. The number of nitrogens with zero attached hydrogens (tertiary/aromatic N) is 1. The van der Waals surface area contributed by atoms with Crippen LogP contribution in [0.5, 0.6) is 0 Å². The highest BCUT2D eigenvalue weighted by molar-refractivity contribution is 5.91. The first-order valence-corrected chi connectivity index (χ1v) is 11.0. The molecule has 4 N–H and O–H groups in total. The minimum Gasteiger partial charge on any atom is -0.391 e. The van der Waals surface area contributed by atoms with Crippen LogP contribution in [0.3, 0.4) is 0 Å². The second-order valence-corrected chi connectivity index (χ2v) is 8.82. The predicted molar refractivity (Wildman–Crippen MR) is 126 cm³/mol. The van der Waals surface area contributed by atoms with Crippen molar-refractivity contribution in [2.45, 2.75) is 43.7 Å². The zero-order valence-electron chi connectivity index (χ0n) is 17.5. The van der Waals surface area contributed by atoms with Crippen molar-refractivity contribution in [2.75, 3.05) is 13.1 Å². The number of hydrogen-bond acceptors (Lipinski definition) is 3. The molecule has 164 valence electrons. The summed E-state index contributed by atoms with van der Waals surface area (Å²) in [6.07, 6.45) is 2.46. The van der Waals surface area contributed by atoms with Crippen LogP contribution in [0, 0.1) is 5.92 Å². The van der Waals surface area contributed by atoms with Gasteiger partial charge in [-0.05, 0) is 48.8 Å². The first-order valence-electron chi connectivity index (χ1n) is 11.0. The highest BCUT2D eigenvalue weighted by Crippen LogP contribution is 2.40. The van der Waals surface area contributed by atoms with Gasteiger partial charge in [-0.2, -0.15) is 0 Å². The average Bonchev–Trinajstić information content (AvgIpc) is 3.34. The maximum atomic E-state index is 12.9. The lowest BCUT2D eigenvalue weighted by atomic mass is 9.85. The maximum Gasteiger partial charge on any atom is 0.225 e. The molecule has 1 aliphatic carbocycles. The second-order valence-electron chi connectivity index (χ2n) is 8.82. The number of nitrogens with two attached hydrogens (primary N) is 1. The van der Waals surface area contributed by atoms with E-state index in [2.05, 4.69) is 53.5 Å². The van der Waals surface area contributed by atoms with Crippen LogP contribution in [-0.2, 0) is 4.79 Å². The first-order chi connectivity index (χ1) is 14.6. The number of aromatic amines is 1. The van der Waals surface area contributed by atoms with E-state index in [0.717, 1.165) is 25.9 Å². The summed E-state index contributed by atoms with van der Waals surface area (Å²) in [7, 11) is 0. The molecule has 6 heteroatoms. The largest absolute Gasteiger partial charge is 0.391 e. The summed E-state index contributed by atoms with van der Waals surface area (Å²) >= 11 is 0. The number of rotatable bonds is 3. The van der Waals surface area contributed by atoms with E-state index in [1.165, 1.54) is 27.7 Å². The number of benzene rings is 2. The van der Waals surface area contributed by atoms with Crippen molar-refractivity contribution in [3.63, 3.8) is 0 Å². The molecule has 5 nitrogen and oxygen atoms in total. The average molecular weight is 440 g/mol. The number of hydrogen-bond donors (Lipinski definition) is 3. The number of halogens is 1. The number of carbonyl (C=O) groups excluding carboxylic acids is 1. The molecular weight excluding hydrogens is 410 g/mol. The Morgan fingerprint density at radius 2 is 1.68 bits per heavy atom. The molecule has 3 aromatic rings. The van der Waals surface area contributed by atoms with Gasteiger partial charge in [-0.15, -0.1) is 12.4 Å². The van der Waals surface area contributed by atoms with Crippen LogP contribution in [0.15, 0.2) is 54.6 Å². The van der Waals surface area contributed by atoms with Crippen LogP contribution in [0.4, 0.5) is 0 Å². The summed E-state index contributed by atoms with van der Waals surface area (Å²) in [6, 6.07) is 18.7. The van der Waals surface area contributed by atoms with Crippen molar-refractivity contribution >= 4 is 29.2 Å². The fourth-order valence-corrected chi connectivity index (χ4v) is 5.32. The summed E-state index contributed by atoms with van der Waals surface area (Å²) in [5, 5.41) is 11.2. The molecule has 1 saturated heterocycles. The number of amides is 1. The number of H-pyrrole nitrogens is 1. The molecule has 5 rings (SSSR count). The fourth-order valence-electron chi connectivity index (χ4n) is 5.32. The van der Waals surface area contributed by atoms with Crippen LogP contribution in [-0.4, -0.2) is 46.1 Å². The molecular formula is C25H30ClN3O2. The van der Waals surface area contributed by atoms with Gasteiger partial charge in [0.2, 0.25) is 5.91 Å². The van der Waals surface area contributed by atoms with Gasteiger partial charge in [-0.25, -0.2) is 0 Å². The van der Waals surface area contributed by atoms with Gasteiger partial charge in [0.05, 0.1) is 6.10 Å². The Hall–Kier alpha value is -2.34. The minimum atomic E-state index is -0.545. The predicted octanol–water partition coefficient (Wildman–Crippen LogP) is 4.06. The third kappa shape index (κ3) is 4.10. The van der Waals surface area contributed by atoms with Gasteiger partial charge in [-0.3, -0.25) is 4.79 Å². The Morgan fingerprint density at radius 1 is 1.00 bits per heavy atom. The monoisotopic (exact) mass is 439 g/mol. The van der Waals surface area contributed by atoms with Gasteiger partial charge >= 0.3 is 0 Å². The standard InChI is InChI=1S/C25H29N3O2.ClH/c26-20-14-18(15-22(20)29)25(30)28-12-10-16(11-13-28)23-19-8-4-5-9-21(19)27-24(23)17-6-2-1-3-7-17;/h1-9,16,18,20,22,27,29H,10-15,26H2;1H/t18-,20-,22-;/m0./s1. The Balaban J connectivity index is 0.00000231. The molecule has 1 aliphatic heterocycles. The van der Waals surface area contributed by atoms with Gasteiger partial charge in [0.1, 0.15) is 0 Å². The molecule has 2 aromatic carbocycles.